The number of nitrogens with one attached hydrogen (secondary N) is 2. The van der Waals surface area contributed by atoms with Crippen molar-refractivity contribution in [3.05, 3.63) is 35.5 Å². The Balaban J connectivity index is 2.32. The van der Waals surface area contributed by atoms with Gasteiger partial charge < -0.3 is 15.5 Å². The van der Waals surface area contributed by atoms with Crippen molar-refractivity contribution in [2.45, 2.75) is 6.92 Å². The molecule has 0 radical (unpaired) electrons. The first-order valence-electron chi connectivity index (χ1n) is 6.41. The van der Waals surface area contributed by atoms with Crippen LogP contribution >= 0.6 is 11.6 Å². The van der Waals surface area contributed by atoms with Crippen LogP contribution in [0, 0.1) is 0 Å². The molecule has 2 aromatic rings. The van der Waals surface area contributed by atoms with Gasteiger partial charge in [-0.05, 0) is 19.1 Å². The Bertz CT molecular complexity index is 586. The second-order valence-corrected chi connectivity index (χ2v) is 4.86. The highest BCUT2D eigenvalue weighted by molar-refractivity contribution is 6.33. The summed E-state index contributed by atoms with van der Waals surface area (Å²) in [5.41, 5.74) is 2.01. The largest absolute Gasteiger partial charge is 0.376 e. The molecule has 0 aliphatic carbocycles. The molecule has 0 saturated carbocycles. The van der Waals surface area contributed by atoms with Gasteiger partial charge in [0, 0.05) is 20.6 Å². The maximum absolute atomic E-state index is 6.15. The van der Waals surface area contributed by atoms with Crippen molar-refractivity contribution < 1.29 is 0 Å². The van der Waals surface area contributed by atoms with Crippen molar-refractivity contribution in [3.63, 3.8) is 0 Å². The van der Waals surface area contributed by atoms with Gasteiger partial charge in [-0.3, -0.25) is 0 Å². The number of halogens is 1. The van der Waals surface area contributed by atoms with Crippen LogP contribution in [0.1, 0.15) is 6.92 Å². The summed E-state index contributed by atoms with van der Waals surface area (Å²) in [5, 5.41) is 6.81. The Morgan fingerprint density at radius 1 is 1.25 bits per heavy atom. The van der Waals surface area contributed by atoms with E-state index in [9.17, 15) is 0 Å². The molecule has 0 amide bonds. The van der Waals surface area contributed by atoms with Gasteiger partial charge in [-0.2, -0.15) is 4.98 Å². The van der Waals surface area contributed by atoms with Crippen molar-refractivity contribution in [1.29, 1.82) is 0 Å². The lowest BCUT2D eigenvalue weighted by molar-refractivity contribution is 1.08. The summed E-state index contributed by atoms with van der Waals surface area (Å²) in [6, 6.07) is 7.98. The first kappa shape index (κ1) is 14.4. The fraction of sp³-hybridized carbons (Fsp3) is 0.286. The molecule has 0 unspecified atom stereocenters. The Kier molecular flexibility index (Phi) is 4.63. The minimum Gasteiger partial charge on any atom is -0.376 e. The van der Waals surface area contributed by atoms with Crippen LogP contribution in [0.4, 0.5) is 23.1 Å². The minimum atomic E-state index is 0.486. The second-order valence-electron chi connectivity index (χ2n) is 4.46. The van der Waals surface area contributed by atoms with E-state index in [1.807, 2.05) is 50.2 Å². The van der Waals surface area contributed by atoms with Gasteiger partial charge in [0.05, 0.1) is 17.6 Å². The molecular formula is C14H18ClN5. The number of aromatic nitrogens is 2. The zero-order chi connectivity index (χ0) is 14.5. The van der Waals surface area contributed by atoms with Crippen LogP contribution in [0.5, 0.6) is 0 Å². The number of benzene rings is 1. The zero-order valence-electron chi connectivity index (χ0n) is 11.8. The fourth-order valence-electron chi connectivity index (χ4n) is 1.79. The third-order valence-corrected chi connectivity index (χ3v) is 2.99. The van der Waals surface area contributed by atoms with Crippen molar-refractivity contribution >= 4 is 34.7 Å². The molecule has 106 valence electrons. The molecule has 1 aromatic carbocycles. The summed E-state index contributed by atoms with van der Waals surface area (Å²) < 4.78 is 0. The minimum absolute atomic E-state index is 0.486. The van der Waals surface area contributed by atoms with Gasteiger partial charge in [0.1, 0.15) is 5.02 Å². The molecule has 0 spiro atoms. The van der Waals surface area contributed by atoms with Crippen molar-refractivity contribution in [2.24, 2.45) is 0 Å². The molecule has 20 heavy (non-hydrogen) atoms. The van der Waals surface area contributed by atoms with Gasteiger partial charge in [-0.1, -0.05) is 23.7 Å². The molecule has 5 nitrogen and oxygen atoms in total. The summed E-state index contributed by atoms with van der Waals surface area (Å²) in [5.74, 6) is 1.15. The first-order valence-corrected chi connectivity index (χ1v) is 6.79. The second kappa shape index (κ2) is 6.43. The lowest BCUT2D eigenvalue weighted by atomic mass is 10.2. The molecule has 0 saturated heterocycles. The monoisotopic (exact) mass is 291 g/mol. The lowest BCUT2D eigenvalue weighted by Gasteiger charge is -2.18. The average Bonchev–Trinajstić information content (AvgIpc) is 2.43. The number of para-hydroxylation sites is 2. The Labute approximate surface area is 124 Å². The quantitative estimate of drug-likeness (QED) is 0.884. The molecule has 0 atom stereocenters. The average molecular weight is 292 g/mol. The molecule has 1 aromatic heterocycles. The van der Waals surface area contributed by atoms with Gasteiger partial charge in [-0.25, -0.2) is 4.98 Å². The van der Waals surface area contributed by atoms with Gasteiger partial charge in [0.15, 0.2) is 5.82 Å². The summed E-state index contributed by atoms with van der Waals surface area (Å²) in [7, 11) is 3.98. The Morgan fingerprint density at radius 3 is 2.70 bits per heavy atom. The third-order valence-electron chi connectivity index (χ3n) is 2.72. The highest BCUT2D eigenvalue weighted by Crippen LogP contribution is 2.29. The van der Waals surface area contributed by atoms with Crippen LogP contribution in [-0.4, -0.2) is 30.6 Å². The number of nitrogens with zero attached hydrogens (tertiary/aromatic N) is 3. The fourth-order valence-corrected chi connectivity index (χ4v) is 1.93. The summed E-state index contributed by atoms with van der Waals surface area (Å²) in [4.78, 5) is 10.5. The van der Waals surface area contributed by atoms with E-state index in [1.165, 1.54) is 0 Å². The van der Waals surface area contributed by atoms with Gasteiger partial charge in [-0.15, -0.1) is 0 Å². The molecule has 2 N–H and O–H groups in total. The van der Waals surface area contributed by atoms with E-state index in [0.29, 0.717) is 16.8 Å². The Morgan fingerprint density at radius 2 is 2.00 bits per heavy atom. The molecule has 0 bridgehead atoms. The highest BCUT2D eigenvalue weighted by atomic mass is 35.5. The van der Waals surface area contributed by atoms with Crippen LogP contribution in [-0.2, 0) is 0 Å². The summed E-state index contributed by atoms with van der Waals surface area (Å²) in [6.45, 7) is 2.75. The predicted octanol–water partition coefficient (Wildman–Crippen LogP) is 3.37. The zero-order valence-corrected chi connectivity index (χ0v) is 12.6. The summed E-state index contributed by atoms with van der Waals surface area (Å²) in [6.07, 6.45) is 1.59. The van der Waals surface area contributed by atoms with Crippen LogP contribution < -0.4 is 15.5 Å². The van der Waals surface area contributed by atoms with Crippen LogP contribution in [0.3, 0.4) is 0 Å². The van der Waals surface area contributed by atoms with E-state index >= 15 is 0 Å². The number of rotatable bonds is 5. The highest BCUT2D eigenvalue weighted by Gasteiger charge is 2.09. The standard InChI is InChI=1S/C14H18ClN5/c1-4-16-14-17-9-10(15)13(19-14)18-11-7-5-6-8-12(11)20(2)3/h5-9H,4H2,1-3H3,(H2,16,17,18,19). The Hall–Kier alpha value is -2.01. The van der Waals surface area contributed by atoms with E-state index in [4.69, 9.17) is 11.6 Å². The van der Waals surface area contributed by atoms with E-state index in [1.54, 1.807) is 6.20 Å². The predicted molar refractivity (Wildman–Crippen MR) is 85.3 cm³/mol. The normalized spacial score (nSPS) is 10.2. The van der Waals surface area contributed by atoms with Crippen molar-refractivity contribution in [2.75, 3.05) is 36.2 Å². The van der Waals surface area contributed by atoms with Gasteiger partial charge in [0.2, 0.25) is 5.95 Å². The molecule has 0 aliphatic heterocycles. The molecule has 0 aliphatic rings. The lowest BCUT2D eigenvalue weighted by Crippen LogP contribution is -2.11. The SMILES string of the molecule is CCNc1ncc(Cl)c(Nc2ccccc2N(C)C)n1. The first-order chi connectivity index (χ1) is 9.61. The topological polar surface area (TPSA) is 53.1 Å². The van der Waals surface area contributed by atoms with Crippen LogP contribution in [0.2, 0.25) is 5.02 Å². The maximum Gasteiger partial charge on any atom is 0.224 e. The molecule has 0 fully saturated rings. The van der Waals surface area contributed by atoms with E-state index in [2.05, 4.69) is 20.6 Å². The number of hydrogen-bond acceptors (Lipinski definition) is 5. The van der Waals surface area contributed by atoms with E-state index < -0.39 is 0 Å². The summed E-state index contributed by atoms with van der Waals surface area (Å²) >= 11 is 6.15. The molecule has 2 rings (SSSR count). The molecular weight excluding hydrogens is 274 g/mol. The van der Waals surface area contributed by atoms with E-state index in [0.717, 1.165) is 17.9 Å². The number of anilines is 4. The van der Waals surface area contributed by atoms with Gasteiger partial charge in [0.25, 0.3) is 0 Å². The molecule has 6 heteroatoms. The van der Waals surface area contributed by atoms with Crippen LogP contribution in [0.15, 0.2) is 30.5 Å². The smallest absolute Gasteiger partial charge is 0.224 e. The van der Waals surface area contributed by atoms with Crippen LogP contribution in [0.25, 0.3) is 0 Å². The third kappa shape index (κ3) is 3.30. The maximum atomic E-state index is 6.15. The van der Waals surface area contributed by atoms with Crippen molar-refractivity contribution in [3.8, 4) is 0 Å². The number of hydrogen-bond donors (Lipinski definition) is 2. The van der Waals surface area contributed by atoms with E-state index in [-0.39, 0.29) is 0 Å². The molecule has 1 heterocycles. The van der Waals surface area contributed by atoms with Crippen molar-refractivity contribution in [1.82, 2.24) is 9.97 Å². The van der Waals surface area contributed by atoms with Gasteiger partial charge >= 0.3 is 0 Å².